The van der Waals surface area contributed by atoms with E-state index in [1.807, 2.05) is 12.1 Å². The van der Waals surface area contributed by atoms with Gasteiger partial charge in [-0.2, -0.15) is 5.26 Å². The second-order valence-corrected chi connectivity index (χ2v) is 4.55. The SMILES string of the molecule is Cn1c(CC(=O)O)ccc1Cc1cccc(C#N)c1O. The van der Waals surface area contributed by atoms with Crippen molar-refractivity contribution in [2.75, 3.05) is 0 Å². The molecule has 2 rings (SSSR count). The molecule has 0 amide bonds. The van der Waals surface area contributed by atoms with Crippen LogP contribution in [0.4, 0.5) is 0 Å². The summed E-state index contributed by atoms with van der Waals surface area (Å²) in [6, 6.07) is 10.5. The number of aromatic hydroxyl groups is 1. The molecule has 1 aromatic heterocycles. The summed E-state index contributed by atoms with van der Waals surface area (Å²) in [6.07, 6.45) is 0.401. The fourth-order valence-corrected chi connectivity index (χ4v) is 2.13. The number of phenolic OH excluding ortho intramolecular Hbond substituents is 1. The lowest BCUT2D eigenvalue weighted by Crippen LogP contribution is -2.07. The van der Waals surface area contributed by atoms with Crippen molar-refractivity contribution >= 4 is 5.97 Å². The maximum absolute atomic E-state index is 10.7. The first-order chi connectivity index (χ1) is 9.52. The fourth-order valence-electron chi connectivity index (χ4n) is 2.13. The third-order valence-electron chi connectivity index (χ3n) is 3.27. The Hall–Kier alpha value is -2.74. The number of benzene rings is 1. The molecule has 0 saturated carbocycles. The quantitative estimate of drug-likeness (QED) is 0.887. The maximum atomic E-state index is 10.7. The Bertz CT molecular complexity index is 696. The number of carboxylic acid groups (broad SMARTS) is 1. The van der Waals surface area contributed by atoms with Crippen molar-refractivity contribution in [2.45, 2.75) is 12.8 Å². The van der Waals surface area contributed by atoms with E-state index in [0.29, 0.717) is 17.7 Å². The van der Waals surface area contributed by atoms with Crippen molar-refractivity contribution in [1.82, 2.24) is 4.57 Å². The maximum Gasteiger partial charge on any atom is 0.309 e. The Kier molecular flexibility index (Phi) is 3.76. The van der Waals surface area contributed by atoms with Crippen molar-refractivity contribution in [3.8, 4) is 11.8 Å². The summed E-state index contributed by atoms with van der Waals surface area (Å²) >= 11 is 0. The molecule has 0 aliphatic rings. The summed E-state index contributed by atoms with van der Waals surface area (Å²) in [4.78, 5) is 10.7. The fraction of sp³-hybridized carbons (Fsp3) is 0.200. The van der Waals surface area contributed by atoms with Crippen LogP contribution in [0.5, 0.6) is 5.75 Å². The molecule has 0 atom stereocenters. The first-order valence-electron chi connectivity index (χ1n) is 6.09. The Morgan fingerprint density at radius 2 is 2.00 bits per heavy atom. The number of nitriles is 1. The summed E-state index contributed by atoms with van der Waals surface area (Å²) < 4.78 is 1.80. The van der Waals surface area contributed by atoms with Crippen LogP contribution in [0, 0.1) is 11.3 Å². The van der Waals surface area contributed by atoms with Gasteiger partial charge < -0.3 is 14.8 Å². The van der Waals surface area contributed by atoms with Crippen molar-refractivity contribution < 1.29 is 15.0 Å². The summed E-state index contributed by atoms with van der Waals surface area (Å²) in [5.41, 5.74) is 2.46. The molecule has 0 fully saturated rings. The van der Waals surface area contributed by atoms with Crippen molar-refractivity contribution in [1.29, 1.82) is 5.26 Å². The van der Waals surface area contributed by atoms with Crippen LogP contribution in [-0.2, 0) is 24.7 Å². The molecule has 0 unspecified atom stereocenters. The van der Waals surface area contributed by atoms with Gasteiger partial charge in [-0.3, -0.25) is 4.79 Å². The van der Waals surface area contributed by atoms with Crippen LogP contribution in [0.1, 0.15) is 22.5 Å². The minimum atomic E-state index is -0.882. The van der Waals surface area contributed by atoms with Gasteiger partial charge in [0, 0.05) is 30.4 Å². The zero-order valence-electron chi connectivity index (χ0n) is 11.0. The van der Waals surface area contributed by atoms with E-state index in [1.54, 1.807) is 35.9 Å². The molecular weight excluding hydrogens is 256 g/mol. The van der Waals surface area contributed by atoms with Crippen LogP contribution in [0.2, 0.25) is 0 Å². The Labute approximate surface area is 116 Å². The molecule has 0 radical (unpaired) electrons. The van der Waals surface area contributed by atoms with Gasteiger partial charge in [0.05, 0.1) is 12.0 Å². The number of nitrogens with zero attached hydrogens (tertiary/aromatic N) is 2. The Morgan fingerprint density at radius 1 is 1.30 bits per heavy atom. The molecule has 0 bridgehead atoms. The summed E-state index contributed by atoms with van der Waals surface area (Å²) in [5.74, 6) is -0.900. The Morgan fingerprint density at radius 3 is 2.65 bits per heavy atom. The molecule has 0 saturated heterocycles. The largest absolute Gasteiger partial charge is 0.506 e. The van der Waals surface area contributed by atoms with E-state index >= 15 is 0 Å². The third-order valence-corrected chi connectivity index (χ3v) is 3.27. The van der Waals surface area contributed by atoms with Crippen LogP contribution < -0.4 is 0 Å². The molecule has 0 aliphatic carbocycles. The minimum Gasteiger partial charge on any atom is -0.506 e. The van der Waals surface area contributed by atoms with Gasteiger partial charge in [0.15, 0.2) is 0 Å². The first-order valence-corrected chi connectivity index (χ1v) is 6.09. The smallest absolute Gasteiger partial charge is 0.309 e. The van der Waals surface area contributed by atoms with Gasteiger partial charge >= 0.3 is 5.97 Å². The van der Waals surface area contributed by atoms with E-state index < -0.39 is 5.97 Å². The van der Waals surface area contributed by atoms with Crippen LogP contribution in [-0.4, -0.2) is 20.7 Å². The predicted molar refractivity (Wildman–Crippen MR) is 72.4 cm³/mol. The minimum absolute atomic E-state index is 0.0176. The van der Waals surface area contributed by atoms with Crippen LogP contribution >= 0.6 is 0 Å². The molecule has 2 N–H and O–H groups in total. The third kappa shape index (κ3) is 2.64. The van der Waals surface area contributed by atoms with E-state index in [1.165, 1.54) is 0 Å². The van der Waals surface area contributed by atoms with E-state index in [9.17, 15) is 9.90 Å². The number of phenols is 1. The number of aromatic nitrogens is 1. The molecule has 0 aliphatic heterocycles. The number of rotatable bonds is 4. The lowest BCUT2D eigenvalue weighted by atomic mass is 10.1. The van der Waals surface area contributed by atoms with Crippen molar-refractivity contribution in [3.05, 3.63) is 52.8 Å². The van der Waals surface area contributed by atoms with E-state index in [4.69, 9.17) is 10.4 Å². The van der Waals surface area contributed by atoms with Crippen LogP contribution in [0.3, 0.4) is 0 Å². The van der Waals surface area contributed by atoms with Crippen molar-refractivity contribution in [3.63, 3.8) is 0 Å². The molecular formula is C15H14N2O3. The summed E-state index contributed by atoms with van der Waals surface area (Å²) in [6.45, 7) is 0. The van der Waals surface area contributed by atoms with Gasteiger partial charge in [0.25, 0.3) is 0 Å². The standard InChI is InChI=1S/C15H14N2O3/c1-17-12(5-6-13(17)8-14(18)19)7-10-3-2-4-11(9-16)15(10)20/h2-6,20H,7-8H2,1H3,(H,18,19). The molecule has 5 nitrogen and oxygen atoms in total. The normalized spacial score (nSPS) is 10.2. The highest BCUT2D eigenvalue weighted by Gasteiger charge is 2.12. The zero-order valence-corrected chi connectivity index (χ0v) is 11.0. The number of para-hydroxylation sites is 1. The molecule has 1 aromatic carbocycles. The number of hydrogen-bond donors (Lipinski definition) is 2. The highest BCUT2D eigenvalue weighted by atomic mass is 16.4. The van der Waals surface area contributed by atoms with Crippen LogP contribution in [0.25, 0.3) is 0 Å². The molecule has 102 valence electrons. The monoisotopic (exact) mass is 270 g/mol. The molecule has 5 heteroatoms. The summed E-state index contributed by atoms with van der Waals surface area (Å²) in [7, 11) is 1.79. The highest BCUT2D eigenvalue weighted by Crippen LogP contribution is 2.24. The highest BCUT2D eigenvalue weighted by molar-refractivity contribution is 5.69. The van der Waals surface area contributed by atoms with Gasteiger partial charge in [-0.1, -0.05) is 12.1 Å². The lowest BCUT2D eigenvalue weighted by Gasteiger charge is -2.09. The van der Waals surface area contributed by atoms with E-state index in [2.05, 4.69) is 0 Å². The van der Waals surface area contributed by atoms with E-state index in [-0.39, 0.29) is 17.7 Å². The van der Waals surface area contributed by atoms with Gasteiger partial charge in [-0.05, 0) is 18.2 Å². The van der Waals surface area contributed by atoms with Gasteiger partial charge in [-0.25, -0.2) is 0 Å². The van der Waals surface area contributed by atoms with Gasteiger partial charge in [0.2, 0.25) is 0 Å². The topological polar surface area (TPSA) is 86.3 Å². The van der Waals surface area contributed by atoms with Gasteiger partial charge in [-0.15, -0.1) is 0 Å². The Balaban J connectivity index is 2.30. The average Bonchev–Trinajstić information content (AvgIpc) is 2.73. The number of hydrogen-bond acceptors (Lipinski definition) is 3. The predicted octanol–water partition coefficient (Wildman–Crippen LogP) is 1.82. The summed E-state index contributed by atoms with van der Waals surface area (Å²) in [5, 5.41) is 27.7. The zero-order chi connectivity index (χ0) is 14.7. The molecule has 1 heterocycles. The molecule has 20 heavy (non-hydrogen) atoms. The lowest BCUT2D eigenvalue weighted by molar-refractivity contribution is -0.136. The van der Waals surface area contributed by atoms with Crippen LogP contribution in [0.15, 0.2) is 30.3 Å². The molecule has 0 spiro atoms. The van der Waals surface area contributed by atoms with E-state index in [0.717, 1.165) is 5.69 Å². The second kappa shape index (κ2) is 5.49. The van der Waals surface area contributed by atoms with Crippen molar-refractivity contribution in [2.24, 2.45) is 7.05 Å². The average molecular weight is 270 g/mol. The molecule has 2 aromatic rings. The second-order valence-electron chi connectivity index (χ2n) is 4.55. The first kappa shape index (κ1) is 13.7. The number of carboxylic acids is 1. The van der Waals surface area contributed by atoms with Gasteiger partial charge in [0.1, 0.15) is 11.8 Å². The number of aliphatic carboxylic acids is 1. The number of carbonyl (C=O) groups is 1.